The maximum absolute atomic E-state index is 12.6. The van der Waals surface area contributed by atoms with Crippen LogP contribution in [0.5, 0.6) is 5.75 Å². The van der Waals surface area contributed by atoms with Gasteiger partial charge in [-0.1, -0.05) is 34.8 Å². The van der Waals surface area contributed by atoms with Crippen molar-refractivity contribution in [1.29, 1.82) is 0 Å². The number of amides is 1. The number of benzene rings is 3. The average molecular weight is 500 g/mol. The molecule has 0 atom stereocenters. The zero-order valence-electron chi connectivity index (χ0n) is 16.2. The predicted octanol–water partition coefficient (Wildman–Crippen LogP) is 5.77. The highest BCUT2D eigenvalue weighted by atomic mass is 35.5. The number of hydrogen-bond donors (Lipinski definition) is 2. The Morgan fingerprint density at radius 1 is 0.903 bits per heavy atom. The molecule has 3 aromatic carbocycles. The van der Waals surface area contributed by atoms with E-state index in [4.69, 9.17) is 39.5 Å². The molecule has 3 rings (SSSR count). The summed E-state index contributed by atoms with van der Waals surface area (Å²) in [4.78, 5) is 12.2. The molecular formula is C21H17Cl3N2O4S. The first kappa shape index (κ1) is 23.2. The van der Waals surface area contributed by atoms with E-state index in [2.05, 4.69) is 10.0 Å². The summed E-state index contributed by atoms with van der Waals surface area (Å²) in [5.74, 6) is -0.0198. The lowest BCUT2D eigenvalue weighted by Crippen LogP contribution is -2.20. The summed E-state index contributed by atoms with van der Waals surface area (Å²) in [7, 11) is -3.80. The predicted molar refractivity (Wildman–Crippen MR) is 124 cm³/mol. The Morgan fingerprint density at radius 3 is 2.23 bits per heavy atom. The molecule has 0 spiro atoms. The molecule has 0 unspecified atom stereocenters. The smallest absolute Gasteiger partial charge is 0.262 e. The lowest BCUT2D eigenvalue weighted by atomic mass is 10.2. The number of halogens is 3. The van der Waals surface area contributed by atoms with Crippen LogP contribution in [0.2, 0.25) is 15.1 Å². The Balaban J connectivity index is 1.64. The first-order valence-corrected chi connectivity index (χ1v) is 11.5. The Hall–Kier alpha value is -2.45. The number of carbonyl (C=O) groups excluding carboxylic acids is 1. The van der Waals surface area contributed by atoms with Crippen molar-refractivity contribution < 1.29 is 17.9 Å². The number of aryl methyl sites for hydroxylation is 1. The molecule has 0 fully saturated rings. The highest BCUT2D eigenvalue weighted by molar-refractivity contribution is 7.92. The fourth-order valence-corrected chi connectivity index (χ4v) is 4.16. The minimum absolute atomic E-state index is 0.0626. The molecule has 0 aliphatic rings. The molecule has 0 saturated carbocycles. The van der Waals surface area contributed by atoms with Crippen LogP contribution >= 0.6 is 34.8 Å². The number of nitrogens with one attached hydrogen (secondary N) is 2. The van der Waals surface area contributed by atoms with Crippen LogP contribution in [0.4, 0.5) is 11.4 Å². The van der Waals surface area contributed by atoms with Gasteiger partial charge in [-0.15, -0.1) is 0 Å². The molecule has 0 saturated heterocycles. The van der Waals surface area contributed by atoms with Crippen LogP contribution in [0, 0.1) is 6.92 Å². The normalized spacial score (nSPS) is 11.1. The Kier molecular flexibility index (Phi) is 7.33. The second-order valence-corrected chi connectivity index (χ2v) is 9.44. The molecule has 162 valence electrons. The van der Waals surface area contributed by atoms with Crippen molar-refractivity contribution in [2.75, 3.05) is 16.6 Å². The van der Waals surface area contributed by atoms with Crippen molar-refractivity contribution in [3.05, 3.63) is 81.3 Å². The Morgan fingerprint density at radius 2 is 1.58 bits per heavy atom. The van der Waals surface area contributed by atoms with Gasteiger partial charge in [0.25, 0.3) is 15.9 Å². The lowest BCUT2D eigenvalue weighted by Gasteiger charge is -2.12. The van der Waals surface area contributed by atoms with E-state index in [1.165, 1.54) is 24.3 Å². The third-order valence-corrected chi connectivity index (χ3v) is 6.49. The van der Waals surface area contributed by atoms with E-state index < -0.39 is 15.9 Å². The molecule has 2 N–H and O–H groups in total. The van der Waals surface area contributed by atoms with Gasteiger partial charge in [0, 0.05) is 16.4 Å². The summed E-state index contributed by atoms with van der Waals surface area (Å²) in [5, 5.41) is 3.85. The minimum Gasteiger partial charge on any atom is -0.483 e. The van der Waals surface area contributed by atoms with Gasteiger partial charge < -0.3 is 10.1 Å². The van der Waals surface area contributed by atoms with Crippen LogP contribution in [0.15, 0.2) is 65.6 Å². The fourth-order valence-electron chi connectivity index (χ4n) is 2.60. The van der Waals surface area contributed by atoms with Crippen molar-refractivity contribution in [2.45, 2.75) is 11.8 Å². The van der Waals surface area contributed by atoms with Gasteiger partial charge in [0.1, 0.15) is 5.75 Å². The molecule has 0 aliphatic carbocycles. The van der Waals surface area contributed by atoms with Crippen molar-refractivity contribution in [3.63, 3.8) is 0 Å². The summed E-state index contributed by atoms with van der Waals surface area (Å²) in [6, 6.07) is 15.4. The van der Waals surface area contributed by atoms with Crippen molar-refractivity contribution in [1.82, 2.24) is 0 Å². The first-order valence-electron chi connectivity index (χ1n) is 8.91. The summed E-state index contributed by atoms with van der Waals surface area (Å²) >= 11 is 17.6. The van der Waals surface area contributed by atoms with Gasteiger partial charge in [-0.3, -0.25) is 9.52 Å². The number of sulfonamides is 1. The number of anilines is 2. The zero-order chi connectivity index (χ0) is 22.6. The first-order chi connectivity index (χ1) is 14.6. The van der Waals surface area contributed by atoms with Gasteiger partial charge in [0.2, 0.25) is 0 Å². The van der Waals surface area contributed by atoms with Gasteiger partial charge in [-0.2, -0.15) is 0 Å². The van der Waals surface area contributed by atoms with Gasteiger partial charge >= 0.3 is 0 Å². The van der Waals surface area contributed by atoms with E-state index in [1.807, 2.05) is 0 Å². The van der Waals surface area contributed by atoms with Crippen molar-refractivity contribution in [3.8, 4) is 5.75 Å². The molecule has 1 amide bonds. The average Bonchev–Trinajstić information content (AvgIpc) is 2.71. The SMILES string of the molecule is Cc1cc(S(=O)(=O)Nc2ccc(Cl)cc2)ccc1OCC(=O)Nc1ccc(Cl)c(Cl)c1. The summed E-state index contributed by atoms with van der Waals surface area (Å²) < 4.78 is 33.2. The topological polar surface area (TPSA) is 84.5 Å². The molecule has 0 bridgehead atoms. The van der Waals surface area contributed by atoms with Crippen molar-refractivity contribution in [2.24, 2.45) is 0 Å². The second kappa shape index (κ2) is 9.78. The van der Waals surface area contributed by atoms with Crippen molar-refractivity contribution >= 4 is 62.1 Å². The van der Waals surface area contributed by atoms with Crippen LogP contribution in [0.1, 0.15) is 5.56 Å². The van der Waals surface area contributed by atoms with Gasteiger partial charge in [-0.25, -0.2) is 8.42 Å². The summed E-state index contributed by atoms with van der Waals surface area (Å²) in [5.41, 5.74) is 1.43. The third-order valence-electron chi connectivity index (χ3n) is 4.12. The third kappa shape index (κ3) is 6.27. The molecule has 0 aromatic heterocycles. The molecule has 3 aromatic rings. The number of carbonyl (C=O) groups is 1. The van der Waals surface area contributed by atoms with E-state index in [0.717, 1.165) is 0 Å². The van der Waals surface area contributed by atoms with Crippen LogP contribution in [0.25, 0.3) is 0 Å². The number of ether oxygens (including phenoxy) is 1. The van der Waals surface area contributed by atoms with Gasteiger partial charge in [-0.05, 0) is 73.2 Å². The minimum atomic E-state index is -3.80. The lowest BCUT2D eigenvalue weighted by molar-refractivity contribution is -0.118. The molecule has 10 heteroatoms. The van der Waals surface area contributed by atoms with Gasteiger partial charge in [0.05, 0.1) is 14.9 Å². The Labute approximate surface area is 195 Å². The standard InChI is InChI=1S/C21H17Cl3N2O4S/c1-13-10-17(31(28,29)26-15-4-2-14(22)3-5-15)7-9-20(13)30-12-21(27)25-16-6-8-18(23)19(24)11-16/h2-11,26H,12H2,1H3,(H,25,27). The Bertz CT molecular complexity index is 1220. The van der Waals surface area contributed by atoms with Gasteiger partial charge in [0.15, 0.2) is 6.61 Å². The van der Waals surface area contributed by atoms with Crippen LogP contribution in [-0.4, -0.2) is 20.9 Å². The number of rotatable bonds is 7. The van der Waals surface area contributed by atoms with Crippen LogP contribution in [-0.2, 0) is 14.8 Å². The number of hydrogen-bond acceptors (Lipinski definition) is 4. The van der Waals surface area contributed by atoms with E-state index >= 15 is 0 Å². The fraction of sp³-hybridized carbons (Fsp3) is 0.0952. The van der Waals surface area contributed by atoms with Crippen LogP contribution in [0.3, 0.4) is 0 Å². The molecule has 0 radical (unpaired) electrons. The zero-order valence-corrected chi connectivity index (χ0v) is 19.2. The summed E-state index contributed by atoms with van der Waals surface area (Å²) in [6.45, 7) is 1.42. The maximum atomic E-state index is 12.6. The van der Waals surface area contributed by atoms with E-state index in [9.17, 15) is 13.2 Å². The second-order valence-electron chi connectivity index (χ2n) is 6.51. The quantitative estimate of drug-likeness (QED) is 0.432. The molecule has 6 nitrogen and oxygen atoms in total. The highest BCUT2D eigenvalue weighted by Gasteiger charge is 2.16. The highest BCUT2D eigenvalue weighted by Crippen LogP contribution is 2.26. The van der Waals surface area contributed by atoms with E-state index in [-0.39, 0.29) is 11.5 Å². The maximum Gasteiger partial charge on any atom is 0.262 e. The molecule has 0 heterocycles. The summed E-state index contributed by atoms with van der Waals surface area (Å²) in [6.07, 6.45) is 0. The van der Waals surface area contributed by atoms with E-state index in [1.54, 1.807) is 43.3 Å². The monoisotopic (exact) mass is 498 g/mol. The molecule has 31 heavy (non-hydrogen) atoms. The van der Waals surface area contributed by atoms with Crippen LogP contribution < -0.4 is 14.8 Å². The van der Waals surface area contributed by atoms with E-state index in [0.29, 0.717) is 37.8 Å². The molecule has 0 aliphatic heterocycles. The molecular weight excluding hydrogens is 483 g/mol. The largest absolute Gasteiger partial charge is 0.483 e.